The number of ether oxygens (including phenoxy) is 1. The van der Waals surface area contributed by atoms with Crippen LogP contribution in [-0.4, -0.2) is 39.2 Å². The molecule has 1 aromatic heterocycles. The fourth-order valence-corrected chi connectivity index (χ4v) is 2.91. The van der Waals surface area contributed by atoms with Gasteiger partial charge in [-0.05, 0) is 50.1 Å². The van der Waals surface area contributed by atoms with Crippen molar-refractivity contribution in [3.05, 3.63) is 72.3 Å². The lowest BCUT2D eigenvalue weighted by Crippen LogP contribution is -2.29. The summed E-state index contributed by atoms with van der Waals surface area (Å²) < 4.78 is 7.41. The fourth-order valence-electron chi connectivity index (χ4n) is 2.91. The van der Waals surface area contributed by atoms with Crippen LogP contribution >= 0.6 is 0 Å². The summed E-state index contributed by atoms with van der Waals surface area (Å²) in [7, 11) is 1.85. The van der Waals surface area contributed by atoms with Crippen molar-refractivity contribution in [2.45, 2.75) is 32.7 Å². The molecule has 146 valence electrons. The minimum absolute atomic E-state index is 0.00434. The highest BCUT2D eigenvalue weighted by Crippen LogP contribution is 2.21. The number of hydrogen-bond donors (Lipinski definition) is 0. The second-order valence-electron chi connectivity index (χ2n) is 6.88. The number of carbonyl (C=O) groups is 1. The van der Waals surface area contributed by atoms with Crippen molar-refractivity contribution in [1.29, 1.82) is 0 Å². The second-order valence-corrected chi connectivity index (χ2v) is 6.88. The van der Waals surface area contributed by atoms with Gasteiger partial charge in [-0.15, -0.1) is 0 Å². The van der Waals surface area contributed by atoms with Gasteiger partial charge in [0.05, 0.1) is 18.3 Å². The molecule has 0 N–H and O–H groups in total. The molecule has 0 spiro atoms. The summed E-state index contributed by atoms with van der Waals surface area (Å²) in [6.07, 6.45) is 4.32. The van der Waals surface area contributed by atoms with E-state index in [0.717, 1.165) is 17.0 Å². The van der Waals surface area contributed by atoms with Crippen LogP contribution in [0.4, 0.5) is 0 Å². The first-order valence-corrected chi connectivity index (χ1v) is 9.44. The molecule has 0 aliphatic heterocycles. The number of amides is 1. The number of rotatable bonds is 8. The Morgan fingerprint density at radius 3 is 2.50 bits per heavy atom. The summed E-state index contributed by atoms with van der Waals surface area (Å²) in [6.45, 7) is 4.61. The Bertz CT molecular complexity index is 874. The third-order valence-corrected chi connectivity index (χ3v) is 4.86. The maximum atomic E-state index is 12.5. The first kappa shape index (κ1) is 19.6. The van der Waals surface area contributed by atoms with E-state index >= 15 is 0 Å². The molecule has 0 unspecified atom stereocenters. The molecule has 0 aliphatic carbocycles. The van der Waals surface area contributed by atoms with Gasteiger partial charge in [0.2, 0.25) is 5.91 Å². The molecule has 0 aliphatic rings. The molecule has 1 amide bonds. The fraction of sp³-hybridized carbons (Fsp3) is 0.318. The van der Waals surface area contributed by atoms with Gasteiger partial charge in [-0.3, -0.25) is 4.79 Å². The summed E-state index contributed by atoms with van der Waals surface area (Å²) >= 11 is 0. The van der Waals surface area contributed by atoms with Crippen LogP contribution in [0.2, 0.25) is 0 Å². The maximum absolute atomic E-state index is 12.5. The van der Waals surface area contributed by atoms with Crippen LogP contribution in [0.15, 0.2) is 61.2 Å². The van der Waals surface area contributed by atoms with Crippen molar-refractivity contribution in [1.82, 2.24) is 19.7 Å². The van der Waals surface area contributed by atoms with Crippen LogP contribution in [-0.2, 0) is 4.79 Å². The van der Waals surface area contributed by atoms with Gasteiger partial charge >= 0.3 is 0 Å². The van der Waals surface area contributed by atoms with Gasteiger partial charge in [-0.1, -0.05) is 29.8 Å². The van der Waals surface area contributed by atoms with E-state index in [1.54, 1.807) is 15.9 Å². The van der Waals surface area contributed by atoms with Gasteiger partial charge in [-0.25, -0.2) is 9.67 Å². The van der Waals surface area contributed by atoms with Crippen molar-refractivity contribution in [3.8, 4) is 11.4 Å². The van der Waals surface area contributed by atoms with Crippen LogP contribution in [0.5, 0.6) is 5.75 Å². The predicted octanol–water partition coefficient (Wildman–Crippen LogP) is 3.95. The molecule has 0 radical (unpaired) electrons. The van der Waals surface area contributed by atoms with E-state index in [2.05, 4.69) is 10.1 Å². The Hall–Kier alpha value is -3.15. The number of benzene rings is 2. The molecule has 28 heavy (non-hydrogen) atoms. The molecule has 0 saturated carbocycles. The molecule has 1 atom stereocenters. The monoisotopic (exact) mass is 378 g/mol. The van der Waals surface area contributed by atoms with E-state index in [1.807, 2.05) is 69.4 Å². The lowest BCUT2D eigenvalue weighted by molar-refractivity contribution is -0.132. The topological polar surface area (TPSA) is 60.2 Å². The van der Waals surface area contributed by atoms with Crippen molar-refractivity contribution in [3.63, 3.8) is 0 Å². The Labute approximate surface area is 165 Å². The van der Waals surface area contributed by atoms with Gasteiger partial charge in [0.1, 0.15) is 18.4 Å². The van der Waals surface area contributed by atoms with Gasteiger partial charge in [0.15, 0.2) is 0 Å². The molecule has 0 bridgehead atoms. The van der Waals surface area contributed by atoms with Crippen molar-refractivity contribution in [2.75, 3.05) is 13.7 Å². The van der Waals surface area contributed by atoms with E-state index in [-0.39, 0.29) is 11.9 Å². The largest absolute Gasteiger partial charge is 0.494 e. The van der Waals surface area contributed by atoms with Crippen LogP contribution < -0.4 is 4.74 Å². The van der Waals surface area contributed by atoms with Crippen LogP contribution in [0, 0.1) is 6.92 Å². The van der Waals surface area contributed by atoms with Crippen LogP contribution in [0.3, 0.4) is 0 Å². The van der Waals surface area contributed by atoms with Gasteiger partial charge in [-0.2, -0.15) is 5.10 Å². The Morgan fingerprint density at radius 2 is 1.86 bits per heavy atom. The first-order chi connectivity index (χ1) is 13.5. The summed E-state index contributed by atoms with van der Waals surface area (Å²) in [5.41, 5.74) is 3.22. The number of carbonyl (C=O) groups excluding carboxylic acids is 1. The summed E-state index contributed by atoms with van der Waals surface area (Å²) in [4.78, 5) is 18.3. The molecule has 0 fully saturated rings. The van der Waals surface area contributed by atoms with Crippen molar-refractivity contribution in [2.24, 2.45) is 0 Å². The van der Waals surface area contributed by atoms with Crippen LogP contribution in [0.1, 0.15) is 36.9 Å². The summed E-state index contributed by atoms with van der Waals surface area (Å²) in [5, 5.41) is 4.12. The van der Waals surface area contributed by atoms with Gasteiger partial charge in [0, 0.05) is 13.5 Å². The van der Waals surface area contributed by atoms with Crippen molar-refractivity contribution >= 4 is 5.91 Å². The molecular formula is C22H26N4O2. The number of hydrogen-bond acceptors (Lipinski definition) is 4. The highest BCUT2D eigenvalue weighted by atomic mass is 16.5. The van der Waals surface area contributed by atoms with E-state index in [4.69, 9.17) is 4.74 Å². The predicted molar refractivity (Wildman–Crippen MR) is 108 cm³/mol. The highest BCUT2D eigenvalue weighted by molar-refractivity contribution is 5.76. The van der Waals surface area contributed by atoms with E-state index in [0.29, 0.717) is 19.4 Å². The first-order valence-electron chi connectivity index (χ1n) is 9.44. The standard InChI is InChI=1S/C22H26N4O2/c1-17-6-12-21(13-7-17)28-14-4-5-22(27)25(3)18(2)19-8-10-20(11-9-19)26-16-23-15-24-26/h6-13,15-16,18H,4-5,14H2,1-3H3/t18-/m1/s1. The lowest BCUT2D eigenvalue weighted by atomic mass is 10.1. The number of aromatic nitrogens is 3. The van der Waals surface area contributed by atoms with Gasteiger partial charge < -0.3 is 9.64 Å². The molecule has 2 aromatic carbocycles. The SMILES string of the molecule is Cc1ccc(OCCCC(=O)N(C)[C@H](C)c2ccc(-n3cncn3)cc2)cc1. The Balaban J connectivity index is 1.47. The third-order valence-electron chi connectivity index (χ3n) is 4.86. The summed E-state index contributed by atoms with van der Waals surface area (Å²) in [5.74, 6) is 0.951. The Kier molecular flexibility index (Phi) is 6.42. The molecule has 0 saturated heterocycles. The zero-order valence-electron chi connectivity index (χ0n) is 16.6. The van der Waals surface area contributed by atoms with E-state index < -0.39 is 0 Å². The highest BCUT2D eigenvalue weighted by Gasteiger charge is 2.17. The normalized spacial score (nSPS) is 11.8. The third kappa shape index (κ3) is 4.97. The summed E-state index contributed by atoms with van der Waals surface area (Å²) in [6, 6.07) is 15.9. The molecular weight excluding hydrogens is 352 g/mol. The maximum Gasteiger partial charge on any atom is 0.222 e. The molecule has 6 nitrogen and oxygen atoms in total. The van der Waals surface area contributed by atoms with E-state index in [9.17, 15) is 4.79 Å². The quantitative estimate of drug-likeness (QED) is 0.557. The molecule has 3 aromatic rings. The smallest absolute Gasteiger partial charge is 0.222 e. The minimum atomic E-state index is -0.00434. The molecule has 3 rings (SSSR count). The van der Waals surface area contributed by atoms with E-state index in [1.165, 1.54) is 11.9 Å². The number of aryl methyl sites for hydroxylation is 1. The number of nitrogens with zero attached hydrogens (tertiary/aromatic N) is 4. The average Bonchev–Trinajstić information content (AvgIpc) is 3.26. The van der Waals surface area contributed by atoms with Crippen molar-refractivity contribution < 1.29 is 9.53 Å². The van der Waals surface area contributed by atoms with Crippen LogP contribution in [0.25, 0.3) is 5.69 Å². The lowest BCUT2D eigenvalue weighted by Gasteiger charge is -2.25. The van der Waals surface area contributed by atoms with Gasteiger partial charge in [0.25, 0.3) is 0 Å². The second kappa shape index (κ2) is 9.17. The molecule has 6 heteroatoms. The Morgan fingerprint density at radius 1 is 1.14 bits per heavy atom. The molecule has 1 heterocycles. The average molecular weight is 378 g/mol. The zero-order valence-corrected chi connectivity index (χ0v) is 16.6. The zero-order chi connectivity index (χ0) is 19.9. The minimum Gasteiger partial charge on any atom is -0.494 e.